The van der Waals surface area contributed by atoms with Crippen LogP contribution in [-0.4, -0.2) is 49.0 Å². The summed E-state index contributed by atoms with van der Waals surface area (Å²) in [6.07, 6.45) is 5.99. The molecule has 1 atom stereocenters. The fraction of sp³-hybridized carbons (Fsp3) is 1.00. The topological polar surface area (TPSA) is 32.7 Å². The predicted molar refractivity (Wildman–Crippen MR) is 62.0 cm³/mol. The molecule has 0 aliphatic carbocycles. The van der Waals surface area contributed by atoms with Crippen LogP contribution in [0.5, 0.6) is 0 Å². The van der Waals surface area contributed by atoms with E-state index in [0.717, 1.165) is 12.8 Å². The summed E-state index contributed by atoms with van der Waals surface area (Å²) in [6, 6.07) is 0. The van der Waals surface area contributed by atoms with Crippen molar-refractivity contribution >= 4 is 0 Å². The number of likely N-dealkylation sites (tertiary alicyclic amines) is 1. The molecule has 1 saturated heterocycles. The number of unbranched alkanes of at least 4 members (excludes halogenated alkanes) is 1. The van der Waals surface area contributed by atoms with E-state index in [-0.39, 0.29) is 6.10 Å². The maximum absolute atomic E-state index is 9.13. The van der Waals surface area contributed by atoms with Crippen LogP contribution in [-0.2, 0) is 4.74 Å². The highest BCUT2D eigenvalue weighted by Crippen LogP contribution is 2.13. The highest BCUT2D eigenvalue weighted by Gasteiger charge is 2.17. The van der Waals surface area contributed by atoms with Crippen molar-refractivity contribution in [1.82, 2.24) is 4.90 Å². The second kappa shape index (κ2) is 7.20. The van der Waals surface area contributed by atoms with Gasteiger partial charge in [-0.05, 0) is 45.6 Å². The van der Waals surface area contributed by atoms with Crippen molar-refractivity contribution in [2.24, 2.45) is 0 Å². The molecule has 15 heavy (non-hydrogen) atoms. The van der Waals surface area contributed by atoms with E-state index in [4.69, 9.17) is 9.84 Å². The molecule has 1 rings (SSSR count). The number of piperidine rings is 1. The summed E-state index contributed by atoms with van der Waals surface area (Å²) >= 11 is 0. The van der Waals surface area contributed by atoms with Gasteiger partial charge in [0.25, 0.3) is 0 Å². The van der Waals surface area contributed by atoms with Gasteiger partial charge in [0.15, 0.2) is 0 Å². The van der Waals surface area contributed by atoms with Crippen LogP contribution in [0.1, 0.15) is 39.0 Å². The summed E-state index contributed by atoms with van der Waals surface area (Å²) in [5.74, 6) is 0. The highest BCUT2D eigenvalue weighted by atomic mass is 16.5. The summed E-state index contributed by atoms with van der Waals surface area (Å²) < 4.78 is 5.34. The molecule has 0 bridgehead atoms. The number of rotatable bonds is 6. The monoisotopic (exact) mass is 215 g/mol. The van der Waals surface area contributed by atoms with Gasteiger partial charge in [-0.3, -0.25) is 0 Å². The molecule has 1 fully saturated rings. The van der Waals surface area contributed by atoms with Gasteiger partial charge in [-0.2, -0.15) is 0 Å². The van der Waals surface area contributed by atoms with E-state index in [1.54, 1.807) is 0 Å². The van der Waals surface area contributed by atoms with Crippen LogP contribution in [0.15, 0.2) is 0 Å². The molecular formula is C12H25NO2. The van der Waals surface area contributed by atoms with Crippen molar-refractivity contribution in [2.45, 2.75) is 51.2 Å². The summed E-state index contributed by atoms with van der Waals surface area (Å²) in [5, 5.41) is 9.13. The van der Waals surface area contributed by atoms with Gasteiger partial charge in [0.2, 0.25) is 0 Å². The zero-order valence-corrected chi connectivity index (χ0v) is 10.1. The number of aliphatic hydroxyl groups is 1. The first kappa shape index (κ1) is 12.9. The number of ether oxygens (including phenoxy) is 1. The Bertz CT molecular complexity index is 154. The molecule has 1 N–H and O–H groups in total. The van der Waals surface area contributed by atoms with Gasteiger partial charge >= 0.3 is 0 Å². The molecule has 0 radical (unpaired) electrons. The molecule has 1 unspecified atom stereocenters. The fourth-order valence-electron chi connectivity index (χ4n) is 2.14. The molecular weight excluding hydrogens is 190 g/mol. The summed E-state index contributed by atoms with van der Waals surface area (Å²) in [7, 11) is 1.81. The molecule has 0 aromatic carbocycles. The molecule has 1 aliphatic rings. The van der Waals surface area contributed by atoms with Gasteiger partial charge in [0.05, 0.1) is 12.2 Å². The van der Waals surface area contributed by atoms with Gasteiger partial charge in [0, 0.05) is 20.2 Å². The van der Waals surface area contributed by atoms with Crippen LogP contribution in [0, 0.1) is 0 Å². The lowest BCUT2D eigenvalue weighted by Gasteiger charge is -2.31. The maximum atomic E-state index is 9.13. The molecule has 0 aromatic heterocycles. The quantitative estimate of drug-likeness (QED) is 0.684. The number of methoxy groups -OCH3 is 1. The van der Waals surface area contributed by atoms with Gasteiger partial charge < -0.3 is 14.7 Å². The van der Waals surface area contributed by atoms with Crippen molar-refractivity contribution in [3.8, 4) is 0 Å². The lowest BCUT2D eigenvalue weighted by atomic mass is 10.1. The maximum Gasteiger partial charge on any atom is 0.0595 e. The van der Waals surface area contributed by atoms with Gasteiger partial charge in [0.1, 0.15) is 0 Å². The molecule has 0 aromatic rings. The lowest BCUT2D eigenvalue weighted by molar-refractivity contribution is 0.0404. The molecule has 3 nitrogen and oxygen atoms in total. The molecule has 0 spiro atoms. The Balaban J connectivity index is 1.99. The summed E-state index contributed by atoms with van der Waals surface area (Å²) in [5.41, 5.74) is 0. The van der Waals surface area contributed by atoms with E-state index in [9.17, 15) is 0 Å². The van der Waals surface area contributed by atoms with E-state index >= 15 is 0 Å². The highest BCUT2D eigenvalue weighted by molar-refractivity contribution is 4.72. The average Bonchev–Trinajstić information content (AvgIpc) is 2.25. The van der Waals surface area contributed by atoms with Crippen LogP contribution in [0.2, 0.25) is 0 Å². The minimum Gasteiger partial charge on any atom is -0.393 e. The standard InChI is InChI=1S/C12H25NO2/c1-11(14)5-3-4-8-13-9-6-12(15-2)7-10-13/h11-12,14H,3-10H2,1-2H3. The first-order valence-corrected chi connectivity index (χ1v) is 6.15. The molecule has 3 heteroatoms. The number of hydrogen-bond acceptors (Lipinski definition) is 3. The van der Waals surface area contributed by atoms with E-state index in [1.807, 2.05) is 14.0 Å². The number of aliphatic hydroxyl groups excluding tert-OH is 1. The van der Waals surface area contributed by atoms with Crippen LogP contribution >= 0.6 is 0 Å². The Labute approximate surface area is 93.4 Å². The van der Waals surface area contributed by atoms with Crippen LogP contribution in [0.4, 0.5) is 0 Å². The Morgan fingerprint density at radius 3 is 2.53 bits per heavy atom. The van der Waals surface area contributed by atoms with Crippen LogP contribution in [0.3, 0.4) is 0 Å². The van der Waals surface area contributed by atoms with E-state index in [0.29, 0.717) is 6.10 Å². The largest absolute Gasteiger partial charge is 0.393 e. The van der Waals surface area contributed by atoms with Crippen LogP contribution in [0.25, 0.3) is 0 Å². The zero-order chi connectivity index (χ0) is 11.1. The van der Waals surface area contributed by atoms with Crippen molar-refractivity contribution in [3.05, 3.63) is 0 Å². The second-order valence-electron chi connectivity index (χ2n) is 4.62. The van der Waals surface area contributed by atoms with Crippen molar-refractivity contribution in [3.63, 3.8) is 0 Å². The fourth-order valence-corrected chi connectivity index (χ4v) is 2.14. The number of nitrogens with zero attached hydrogens (tertiary/aromatic N) is 1. The molecule has 0 saturated carbocycles. The third-order valence-electron chi connectivity index (χ3n) is 3.21. The Morgan fingerprint density at radius 1 is 1.33 bits per heavy atom. The van der Waals surface area contributed by atoms with Gasteiger partial charge in [-0.15, -0.1) is 0 Å². The molecule has 1 heterocycles. The summed E-state index contributed by atoms with van der Waals surface area (Å²) in [4.78, 5) is 2.51. The van der Waals surface area contributed by atoms with Gasteiger partial charge in [-0.25, -0.2) is 0 Å². The van der Waals surface area contributed by atoms with E-state index in [1.165, 1.54) is 38.9 Å². The van der Waals surface area contributed by atoms with E-state index in [2.05, 4.69) is 4.90 Å². The summed E-state index contributed by atoms with van der Waals surface area (Å²) in [6.45, 7) is 5.40. The minimum absolute atomic E-state index is 0.135. The van der Waals surface area contributed by atoms with Crippen molar-refractivity contribution < 1.29 is 9.84 Å². The average molecular weight is 215 g/mol. The van der Waals surface area contributed by atoms with Crippen LogP contribution < -0.4 is 0 Å². The smallest absolute Gasteiger partial charge is 0.0595 e. The third kappa shape index (κ3) is 5.50. The molecule has 1 aliphatic heterocycles. The first-order valence-electron chi connectivity index (χ1n) is 6.15. The Morgan fingerprint density at radius 2 is 2.00 bits per heavy atom. The SMILES string of the molecule is COC1CCN(CCCCC(C)O)CC1. The first-order chi connectivity index (χ1) is 7.22. The van der Waals surface area contributed by atoms with E-state index < -0.39 is 0 Å². The Kier molecular flexibility index (Phi) is 6.22. The molecule has 90 valence electrons. The third-order valence-corrected chi connectivity index (χ3v) is 3.21. The predicted octanol–water partition coefficient (Wildman–Crippen LogP) is 1.65. The zero-order valence-electron chi connectivity index (χ0n) is 10.1. The molecule has 0 amide bonds. The van der Waals surface area contributed by atoms with Gasteiger partial charge in [-0.1, -0.05) is 0 Å². The van der Waals surface area contributed by atoms with Crippen molar-refractivity contribution in [2.75, 3.05) is 26.7 Å². The van der Waals surface area contributed by atoms with Crippen molar-refractivity contribution in [1.29, 1.82) is 0 Å². The lowest BCUT2D eigenvalue weighted by Crippen LogP contribution is -2.37. The number of hydrogen-bond donors (Lipinski definition) is 1. The normalized spacial score (nSPS) is 21.8. The second-order valence-corrected chi connectivity index (χ2v) is 4.62. The minimum atomic E-state index is -0.135. The Hall–Kier alpha value is -0.120.